The molecule has 0 unspecified atom stereocenters. The molecule has 1 fully saturated rings. The van der Waals surface area contributed by atoms with Gasteiger partial charge in [-0.3, -0.25) is 9.78 Å². The molecule has 2 aliphatic rings. The number of aliphatic carboxylic acids is 1. The van der Waals surface area contributed by atoms with Crippen LogP contribution in [0.3, 0.4) is 0 Å². The summed E-state index contributed by atoms with van der Waals surface area (Å²) in [5.41, 5.74) is 6.94. The number of aryl methyl sites for hydroxylation is 1. The fourth-order valence-electron chi connectivity index (χ4n) is 6.89. The zero-order valence-corrected chi connectivity index (χ0v) is 26.2. The second-order valence-corrected chi connectivity index (χ2v) is 13.4. The Balaban J connectivity index is 1.49. The molecular formula is C38H38N2O5. The summed E-state index contributed by atoms with van der Waals surface area (Å²) in [4.78, 5) is 31.3. The highest BCUT2D eigenvalue weighted by atomic mass is 16.5. The van der Waals surface area contributed by atoms with Gasteiger partial charge in [0.05, 0.1) is 29.8 Å². The molecule has 5 aromatic rings. The molecule has 7 rings (SSSR count). The summed E-state index contributed by atoms with van der Waals surface area (Å²) in [7, 11) is 0. The average Bonchev–Trinajstić information content (AvgIpc) is 2.97. The first-order valence-corrected chi connectivity index (χ1v) is 15.8. The summed E-state index contributed by atoms with van der Waals surface area (Å²) in [6.07, 6.45) is 5.08. The summed E-state index contributed by atoms with van der Waals surface area (Å²) < 4.78 is 14.0. The number of ether oxygens (including phenoxy) is 2. The van der Waals surface area contributed by atoms with Crippen molar-refractivity contribution >= 4 is 27.8 Å². The number of carbonyl (C=O) groups is 1. The summed E-state index contributed by atoms with van der Waals surface area (Å²) in [5.74, 6) is 0.332. The molecule has 0 amide bonds. The van der Waals surface area contributed by atoms with Crippen LogP contribution in [0.15, 0.2) is 71.7 Å². The maximum absolute atomic E-state index is 13.5. The van der Waals surface area contributed by atoms with Crippen LogP contribution in [-0.2, 0) is 22.5 Å². The second kappa shape index (κ2) is 11.1. The predicted octanol–water partition coefficient (Wildman–Crippen LogP) is 7.72. The number of rotatable bonds is 7. The molecule has 1 aliphatic heterocycles. The summed E-state index contributed by atoms with van der Waals surface area (Å²) >= 11 is 0. The largest absolute Gasteiger partial charge is 0.493 e. The summed E-state index contributed by atoms with van der Waals surface area (Å²) in [6.45, 7) is 8.46. The molecule has 1 saturated carbocycles. The molecular weight excluding hydrogens is 564 g/mol. The van der Waals surface area contributed by atoms with Crippen molar-refractivity contribution in [3.05, 3.63) is 105 Å². The normalized spacial score (nSPS) is 15.6. The van der Waals surface area contributed by atoms with Gasteiger partial charge in [0, 0.05) is 40.6 Å². The Morgan fingerprint density at radius 1 is 1.09 bits per heavy atom. The minimum Gasteiger partial charge on any atom is -0.493 e. The van der Waals surface area contributed by atoms with E-state index >= 15 is 0 Å². The van der Waals surface area contributed by atoms with E-state index in [4.69, 9.17) is 14.5 Å². The van der Waals surface area contributed by atoms with Gasteiger partial charge in [-0.25, -0.2) is 4.79 Å². The lowest BCUT2D eigenvalue weighted by Gasteiger charge is -2.29. The third-order valence-corrected chi connectivity index (χ3v) is 9.24. The van der Waals surface area contributed by atoms with E-state index in [2.05, 4.69) is 24.3 Å². The summed E-state index contributed by atoms with van der Waals surface area (Å²) in [5, 5.41) is 12.3. The van der Waals surface area contributed by atoms with Crippen molar-refractivity contribution < 1.29 is 19.4 Å². The summed E-state index contributed by atoms with van der Waals surface area (Å²) in [6, 6.07) is 19.9. The molecule has 45 heavy (non-hydrogen) atoms. The Morgan fingerprint density at radius 2 is 1.87 bits per heavy atom. The molecule has 1 aliphatic carbocycles. The number of hydrogen-bond acceptors (Lipinski definition) is 5. The van der Waals surface area contributed by atoms with Gasteiger partial charge in [0.1, 0.15) is 5.75 Å². The van der Waals surface area contributed by atoms with E-state index in [0.717, 1.165) is 56.2 Å². The van der Waals surface area contributed by atoms with Gasteiger partial charge in [0.2, 0.25) is 0 Å². The highest BCUT2D eigenvalue weighted by molar-refractivity contribution is 6.08. The number of benzene rings is 3. The van der Waals surface area contributed by atoms with E-state index in [1.165, 1.54) is 24.8 Å². The molecule has 0 spiro atoms. The van der Waals surface area contributed by atoms with Crippen LogP contribution in [-0.4, -0.2) is 32.8 Å². The van der Waals surface area contributed by atoms with Crippen LogP contribution in [0.25, 0.3) is 32.9 Å². The fourth-order valence-corrected chi connectivity index (χ4v) is 6.89. The van der Waals surface area contributed by atoms with Crippen LogP contribution in [0.5, 0.6) is 5.75 Å². The van der Waals surface area contributed by atoms with Crippen molar-refractivity contribution in [2.75, 3.05) is 6.61 Å². The van der Waals surface area contributed by atoms with E-state index in [9.17, 15) is 14.7 Å². The number of hydrogen-bond donors (Lipinski definition) is 1. The molecule has 7 nitrogen and oxygen atoms in total. The molecule has 1 atom stereocenters. The Labute approximate surface area is 262 Å². The monoisotopic (exact) mass is 602 g/mol. The van der Waals surface area contributed by atoms with E-state index < -0.39 is 17.7 Å². The number of carboxylic acid groups (broad SMARTS) is 1. The van der Waals surface area contributed by atoms with E-state index in [1.54, 1.807) is 16.8 Å². The van der Waals surface area contributed by atoms with Gasteiger partial charge in [-0.1, -0.05) is 30.7 Å². The zero-order chi connectivity index (χ0) is 31.5. The SMILES string of the molecule is Cc1cc2c(ccc(=O)n2Cc2ccc(C3CCC3)cc2)c(-c2ccc3c4c(ccnc24)CCO3)c1[C@H](OC(C)(C)C)C(=O)O. The predicted molar refractivity (Wildman–Crippen MR) is 176 cm³/mol. The van der Waals surface area contributed by atoms with Crippen LogP contribution in [0.4, 0.5) is 0 Å². The van der Waals surface area contributed by atoms with Gasteiger partial charge in [-0.15, -0.1) is 0 Å². The van der Waals surface area contributed by atoms with E-state index in [1.807, 2.05) is 58.0 Å². The zero-order valence-electron chi connectivity index (χ0n) is 26.2. The number of fused-ring (bicyclic) bond motifs is 1. The first-order valence-electron chi connectivity index (χ1n) is 15.8. The van der Waals surface area contributed by atoms with Crippen molar-refractivity contribution in [1.82, 2.24) is 9.55 Å². The van der Waals surface area contributed by atoms with Crippen LogP contribution >= 0.6 is 0 Å². The molecule has 3 heterocycles. The Hall–Kier alpha value is -4.49. The Bertz CT molecular complexity index is 2010. The first-order chi connectivity index (χ1) is 21.6. The number of carboxylic acids is 1. The van der Waals surface area contributed by atoms with Gasteiger partial charge in [-0.2, -0.15) is 0 Å². The second-order valence-electron chi connectivity index (χ2n) is 13.4. The minimum atomic E-state index is -1.24. The van der Waals surface area contributed by atoms with Gasteiger partial charge in [0.25, 0.3) is 5.56 Å². The van der Waals surface area contributed by atoms with Crippen LogP contribution in [0.2, 0.25) is 0 Å². The molecule has 230 valence electrons. The molecule has 3 aromatic carbocycles. The Kier molecular flexibility index (Phi) is 7.24. The van der Waals surface area contributed by atoms with Crippen LogP contribution in [0, 0.1) is 6.92 Å². The Morgan fingerprint density at radius 3 is 2.56 bits per heavy atom. The highest BCUT2D eigenvalue weighted by Gasteiger charge is 2.33. The van der Waals surface area contributed by atoms with Crippen LogP contribution in [0.1, 0.15) is 79.9 Å². The highest BCUT2D eigenvalue weighted by Crippen LogP contribution is 2.45. The number of nitrogens with zero attached hydrogens (tertiary/aromatic N) is 2. The van der Waals surface area contributed by atoms with Gasteiger partial charge >= 0.3 is 5.97 Å². The minimum absolute atomic E-state index is 0.118. The fraction of sp³-hybridized carbons (Fsp3) is 0.342. The standard InChI is InChI=1S/C38H38N2O5/c1-22-20-29-27(13-15-31(41)40(29)21-23-8-10-25(11-9-23)24-6-5-7-24)34(32(22)36(37(42)43)45-38(2,3)4)28-12-14-30-33-26(17-19-44-30)16-18-39-35(28)33/h8-16,18,20,24,36H,5-7,17,19,21H2,1-4H3,(H,42,43)/t36-/m0/s1. The van der Waals surface area contributed by atoms with Crippen molar-refractivity contribution in [1.29, 1.82) is 0 Å². The third-order valence-electron chi connectivity index (χ3n) is 9.24. The topological polar surface area (TPSA) is 90.7 Å². The van der Waals surface area contributed by atoms with Gasteiger partial charge in [0.15, 0.2) is 6.10 Å². The van der Waals surface area contributed by atoms with E-state index in [0.29, 0.717) is 30.2 Å². The maximum atomic E-state index is 13.5. The van der Waals surface area contributed by atoms with Crippen molar-refractivity contribution in [3.63, 3.8) is 0 Å². The molecule has 7 heteroatoms. The lowest BCUT2D eigenvalue weighted by molar-refractivity contribution is -0.160. The average molecular weight is 603 g/mol. The lowest BCUT2D eigenvalue weighted by Crippen LogP contribution is -2.28. The van der Waals surface area contributed by atoms with Gasteiger partial charge < -0.3 is 19.1 Å². The van der Waals surface area contributed by atoms with Crippen molar-refractivity contribution in [2.24, 2.45) is 0 Å². The van der Waals surface area contributed by atoms with Crippen molar-refractivity contribution in [3.8, 4) is 16.9 Å². The molecule has 0 radical (unpaired) electrons. The maximum Gasteiger partial charge on any atom is 0.337 e. The molecule has 0 saturated heterocycles. The lowest BCUT2D eigenvalue weighted by atomic mass is 9.80. The molecule has 0 bridgehead atoms. The first kappa shape index (κ1) is 29.2. The van der Waals surface area contributed by atoms with Crippen molar-refractivity contribution in [2.45, 2.75) is 77.5 Å². The molecule has 2 aromatic heterocycles. The van der Waals surface area contributed by atoms with E-state index in [-0.39, 0.29) is 5.56 Å². The number of aromatic nitrogens is 2. The quantitative estimate of drug-likeness (QED) is 0.205. The molecule has 1 N–H and O–H groups in total. The number of pyridine rings is 2. The third kappa shape index (κ3) is 5.29. The van der Waals surface area contributed by atoms with Crippen LogP contribution < -0.4 is 10.3 Å². The van der Waals surface area contributed by atoms with Gasteiger partial charge in [-0.05, 0) is 105 Å². The smallest absolute Gasteiger partial charge is 0.337 e.